The molecule has 3 amide bonds. The number of benzene rings is 2. The summed E-state index contributed by atoms with van der Waals surface area (Å²) in [6, 6.07) is 17.0. The molecule has 0 unspecified atom stereocenters. The van der Waals surface area contributed by atoms with E-state index in [2.05, 4.69) is 10.2 Å². The lowest BCUT2D eigenvalue weighted by Gasteiger charge is -2.34. The fraction of sp³-hybridized carbons (Fsp3) is 0.364. The van der Waals surface area contributed by atoms with Crippen LogP contribution in [0.4, 0.5) is 16.2 Å². The second kappa shape index (κ2) is 9.93. The maximum absolute atomic E-state index is 12.5. The van der Waals surface area contributed by atoms with Crippen LogP contribution in [-0.4, -0.2) is 68.1 Å². The van der Waals surface area contributed by atoms with Gasteiger partial charge in [-0.05, 0) is 36.4 Å². The lowest BCUT2D eigenvalue weighted by Crippen LogP contribution is -2.50. The molecule has 0 saturated carbocycles. The molecule has 2 aromatic rings. The molecule has 0 aliphatic carbocycles. The van der Waals surface area contributed by atoms with Gasteiger partial charge in [0.1, 0.15) is 12.4 Å². The first-order valence-corrected chi connectivity index (χ1v) is 9.83. The van der Waals surface area contributed by atoms with Crippen molar-refractivity contribution in [3.63, 3.8) is 0 Å². The fourth-order valence-corrected chi connectivity index (χ4v) is 3.14. The number of hydrogen-bond acceptors (Lipinski definition) is 4. The van der Waals surface area contributed by atoms with Crippen molar-refractivity contribution < 1.29 is 14.3 Å². The van der Waals surface area contributed by atoms with Gasteiger partial charge in [0.25, 0.3) is 0 Å². The average Bonchev–Trinajstić information content (AvgIpc) is 2.75. The van der Waals surface area contributed by atoms with E-state index in [-0.39, 0.29) is 11.9 Å². The number of piperazine rings is 1. The number of hydrogen-bond donors (Lipinski definition) is 1. The molecule has 1 fully saturated rings. The molecule has 0 bridgehead atoms. The van der Waals surface area contributed by atoms with Gasteiger partial charge < -0.3 is 19.9 Å². The topological polar surface area (TPSA) is 65.1 Å². The molecule has 29 heavy (non-hydrogen) atoms. The van der Waals surface area contributed by atoms with Crippen molar-refractivity contribution in [3.05, 3.63) is 54.6 Å². The zero-order valence-corrected chi connectivity index (χ0v) is 17.0. The van der Waals surface area contributed by atoms with E-state index in [1.165, 1.54) is 6.92 Å². The summed E-state index contributed by atoms with van der Waals surface area (Å²) in [4.78, 5) is 29.6. The summed E-state index contributed by atoms with van der Waals surface area (Å²) in [6.07, 6.45) is 0. The van der Waals surface area contributed by atoms with Gasteiger partial charge in [0.2, 0.25) is 5.91 Å². The number of rotatable bonds is 6. The molecule has 1 aliphatic heterocycles. The van der Waals surface area contributed by atoms with Gasteiger partial charge in [-0.1, -0.05) is 18.2 Å². The Morgan fingerprint density at radius 3 is 2.28 bits per heavy atom. The van der Waals surface area contributed by atoms with Crippen LogP contribution in [0.2, 0.25) is 0 Å². The number of ether oxygens (including phenoxy) is 1. The van der Waals surface area contributed by atoms with E-state index >= 15 is 0 Å². The summed E-state index contributed by atoms with van der Waals surface area (Å²) < 4.78 is 5.74. The Kier molecular flexibility index (Phi) is 7.08. The monoisotopic (exact) mass is 396 g/mol. The highest BCUT2D eigenvalue weighted by atomic mass is 16.5. The molecule has 7 heteroatoms. The van der Waals surface area contributed by atoms with Crippen LogP contribution in [0, 0.1) is 0 Å². The largest absolute Gasteiger partial charge is 0.492 e. The van der Waals surface area contributed by atoms with Gasteiger partial charge in [0.15, 0.2) is 0 Å². The molecule has 0 atom stereocenters. The summed E-state index contributed by atoms with van der Waals surface area (Å²) in [5.41, 5.74) is 1.51. The number of carbonyl (C=O) groups excluding carboxylic acids is 2. The number of nitrogens with zero attached hydrogens (tertiary/aromatic N) is 3. The molecule has 154 valence electrons. The van der Waals surface area contributed by atoms with Gasteiger partial charge in [-0.25, -0.2) is 4.79 Å². The van der Waals surface area contributed by atoms with E-state index in [1.54, 1.807) is 11.9 Å². The summed E-state index contributed by atoms with van der Waals surface area (Å²) in [5, 5.41) is 2.93. The molecule has 3 rings (SSSR count). The molecule has 1 N–H and O–H groups in total. The Labute approximate surface area is 171 Å². The zero-order chi connectivity index (χ0) is 20.6. The minimum Gasteiger partial charge on any atom is -0.492 e. The highest BCUT2D eigenvalue weighted by Crippen LogP contribution is 2.17. The zero-order valence-electron chi connectivity index (χ0n) is 17.0. The van der Waals surface area contributed by atoms with Gasteiger partial charge >= 0.3 is 6.03 Å². The Balaban J connectivity index is 1.40. The molecule has 0 aromatic heterocycles. The third-order valence-electron chi connectivity index (χ3n) is 5.06. The first-order chi connectivity index (χ1) is 14.0. The number of carbonyl (C=O) groups is 2. The predicted molar refractivity (Wildman–Crippen MR) is 114 cm³/mol. The Hall–Kier alpha value is -3.06. The van der Waals surface area contributed by atoms with Crippen LogP contribution in [0.3, 0.4) is 0 Å². The number of urea groups is 1. The maximum atomic E-state index is 12.5. The van der Waals surface area contributed by atoms with Crippen LogP contribution < -0.4 is 15.0 Å². The normalized spacial score (nSPS) is 14.3. The van der Waals surface area contributed by atoms with Crippen LogP contribution >= 0.6 is 0 Å². The van der Waals surface area contributed by atoms with E-state index < -0.39 is 0 Å². The van der Waals surface area contributed by atoms with Crippen LogP contribution in [0.15, 0.2) is 54.6 Å². The van der Waals surface area contributed by atoms with Gasteiger partial charge in [0, 0.05) is 58.1 Å². The lowest BCUT2D eigenvalue weighted by atomic mass is 10.2. The maximum Gasteiger partial charge on any atom is 0.321 e. The predicted octanol–water partition coefficient (Wildman–Crippen LogP) is 2.90. The third kappa shape index (κ3) is 5.96. The molecule has 2 aromatic carbocycles. The van der Waals surface area contributed by atoms with Crippen molar-refractivity contribution in [1.29, 1.82) is 0 Å². The highest BCUT2D eigenvalue weighted by Gasteiger charge is 2.21. The van der Waals surface area contributed by atoms with E-state index in [9.17, 15) is 9.59 Å². The van der Waals surface area contributed by atoms with Crippen molar-refractivity contribution in [3.8, 4) is 5.75 Å². The first kappa shape index (κ1) is 20.7. The van der Waals surface area contributed by atoms with Crippen LogP contribution in [0.25, 0.3) is 0 Å². The molecule has 1 saturated heterocycles. The van der Waals surface area contributed by atoms with E-state index in [4.69, 9.17) is 4.74 Å². The van der Waals surface area contributed by atoms with Gasteiger partial charge in [0.05, 0.1) is 0 Å². The van der Waals surface area contributed by atoms with Crippen molar-refractivity contribution >= 4 is 23.3 Å². The van der Waals surface area contributed by atoms with Crippen molar-refractivity contribution in [1.82, 2.24) is 9.80 Å². The Morgan fingerprint density at radius 1 is 1.00 bits per heavy atom. The smallest absolute Gasteiger partial charge is 0.321 e. The number of amides is 3. The molecular weight excluding hydrogens is 368 g/mol. The SMILES string of the molecule is CC(=O)N(C)c1ccc(NC(=O)N2CCN(CCOc3ccccc3)CC2)cc1. The highest BCUT2D eigenvalue weighted by molar-refractivity contribution is 5.92. The first-order valence-electron chi connectivity index (χ1n) is 9.83. The third-order valence-corrected chi connectivity index (χ3v) is 5.06. The Bertz CT molecular complexity index is 803. The summed E-state index contributed by atoms with van der Waals surface area (Å²) in [5.74, 6) is 0.847. The number of para-hydroxylation sites is 1. The Morgan fingerprint density at radius 2 is 1.66 bits per heavy atom. The second-order valence-electron chi connectivity index (χ2n) is 7.05. The molecule has 0 spiro atoms. The lowest BCUT2D eigenvalue weighted by molar-refractivity contribution is -0.116. The van der Waals surface area contributed by atoms with Crippen molar-refractivity contribution in [2.45, 2.75) is 6.92 Å². The number of nitrogens with one attached hydrogen (secondary N) is 1. The fourth-order valence-electron chi connectivity index (χ4n) is 3.14. The quantitative estimate of drug-likeness (QED) is 0.815. The van der Waals surface area contributed by atoms with Gasteiger partial charge in [-0.15, -0.1) is 0 Å². The summed E-state index contributed by atoms with van der Waals surface area (Å²) in [6.45, 7) is 6.02. The standard InChI is InChI=1S/C22H28N4O3/c1-18(27)24(2)20-10-8-19(9-11-20)23-22(28)26-14-12-25(13-15-26)16-17-29-21-6-4-3-5-7-21/h3-11H,12-17H2,1-2H3,(H,23,28). The van der Waals surface area contributed by atoms with Crippen molar-refractivity contribution in [2.75, 3.05) is 56.6 Å². The summed E-state index contributed by atoms with van der Waals surface area (Å²) >= 11 is 0. The minimum absolute atomic E-state index is 0.0335. The number of anilines is 2. The molecule has 1 aliphatic rings. The van der Waals surface area contributed by atoms with Gasteiger partial charge in [-0.2, -0.15) is 0 Å². The van der Waals surface area contributed by atoms with Crippen LogP contribution in [0.1, 0.15) is 6.92 Å². The van der Waals surface area contributed by atoms with E-state index in [0.717, 1.165) is 36.8 Å². The summed E-state index contributed by atoms with van der Waals surface area (Å²) in [7, 11) is 1.72. The molecule has 7 nitrogen and oxygen atoms in total. The van der Waals surface area contributed by atoms with Crippen LogP contribution in [-0.2, 0) is 4.79 Å². The van der Waals surface area contributed by atoms with E-state index in [0.29, 0.717) is 19.7 Å². The van der Waals surface area contributed by atoms with Crippen LogP contribution in [0.5, 0.6) is 5.75 Å². The van der Waals surface area contributed by atoms with E-state index in [1.807, 2.05) is 59.5 Å². The second-order valence-corrected chi connectivity index (χ2v) is 7.05. The molecular formula is C22H28N4O3. The average molecular weight is 396 g/mol. The molecule has 1 heterocycles. The minimum atomic E-state index is -0.0992. The molecule has 0 radical (unpaired) electrons. The van der Waals surface area contributed by atoms with Crippen molar-refractivity contribution in [2.24, 2.45) is 0 Å². The van der Waals surface area contributed by atoms with Gasteiger partial charge in [-0.3, -0.25) is 9.69 Å².